The Balaban J connectivity index is 1.92. The third-order valence-corrected chi connectivity index (χ3v) is 3.03. The molecule has 2 N–H and O–H groups in total. The van der Waals surface area contributed by atoms with Crippen LogP contribution in [0.4, 0.5) is 5.69 Å². The lowest BCUT2D eigenvalue weighted by Gasteiger charge is -2.08. The highest BCUT2D eigenvalue weighted by molar-refractivity contribution is 6.30. The van der Waals surface area contributed by atoms with Crippen molar-refractivity contribution in [3.8, 4) is 0 Å². The lowest BCUT2D eigenvalue weighted by molar-refractivity contribution is 0.107. The van der Waals surface area contributed by atoms with Gasteiger partial charge in [-0.1, -0.05) is 35.3 Å². The van der Waals surface area contributed by atoms with Crippen LogP contribution in [0.15, 0.2) is 42.5 Å². The summed E-state index contributed by atoms with van der Waals surface area (Å²) in [5.74, 6) is 0. The van der Waals surface area contributed by atoms with Crippen molar-refractivity contribution < 1.29 is 4.74 Å². The van der Waals surface area contributed by atoms with Gasteiger partial charge in [0.05, 0.1) is 13.2 Å². The average molecular weight is 282 g/mol. The molecule has 0 saturated heterocycles. The molecule has 2 rings (SSSR count). The van der Waals surface area contributed by atoms with Crippen LogP contribution in [0.2, 0.25) is 10.0 Å². The predicted octanol–water partition coefficient (Wildman–Crippen LogP) is 4.29. The summed E-state index contributed by atoms with van der Waals surface area (Å²) in [5, 5.41) is 1.38. The summed E-state index contributed by atoms with van der Waals surface area (Å²) in [5.41, 5.74) is 8.49. The number of ether oxygens (including phenoxy) is 1. The molecule has 0 spiro atoms. The van der Waals surface area contributed by atoms with Gasteiger partial charge in [0.1, 0.15) is 0 Å². The molecule has 0 heterocycles. The van der Waals surface area contributed by atoms with E-state index in [4.69, 9.17) is 33.7 Å². The van der Waals surface area contributed by atoms with Crippen molar-refractivity contribution >= 4 is 28.9 Å². The second-order valence-electron chi connectivity index (χ2n) is 3.96. The molecule has 0 amide bonds. The van der Waals surface area contributed by atoms with Gasteiger partial charge in [0.15, 0.2) is 0 Å². The van der Waals surface area contributed by atoms with E-state index in [-0.39, 0.29) is 0 Å². The lowest BCUT2D eigenvalue weighted by atomic mass is 10.2. The molecule has 0 radical (unpaired) electrons. The summed E-state index contributed by atoms with van der Waals surface area (Å²) in [4.78, 5) is 0. The number of benzene rings is 2. The minimum absolute atomic E-state index is 0.440. The van der Waals surface area contributed by atoms with Crippen LogP contribution < -0.4 is 5.73 Å². The molecule has 94 valence electrons. The molecule has 0 unspecified atom stereocenters. The molecule has 18 heavy (non-hydrogen) atoms. The molecule has 0 saturated carbocycles. The molecule has 0 atom stereocenters. The van der Waals surface area contributed by atoms with Gasteiger partial charge in [-0.3, -0.25) is 0 Å². The standard InChI is InChI=1S/C14H13Cl2NO/c15-12-3-1-10(2-4-12)8-18-9-11-7-13(16)5-6-14(11)17/h1-7H,8-9,17H2. The van der Waals surface area contributed by atoms with Gasteiger partial charge in [0, 0.05) is 21.3 Å². The maximum absolute atomic E-state index is 5.90. The number of hydrogen-bond acceptors (Lipinski definition) is 2. The molecule has 0 aromatic heterocycles. The van der Waals surface area contributed by atoms with Gasteiger partial charge in [-0.15, -0.1) is 0 Å². The van der Waals surface area contributed by atoms with Crippen LogP contribution in [0.25, 0.3) is 0 Å². The van der Waals surface area contributed by atoms with Crippen molar-refractivity contribution in [3.63, 3.8) is 0 Å². The summed E-state index contributed by atoms with van der Waals surface area (Å²) in [6, 6.07) is 12.9. The van der Waals surface area contributed by atoms with Gasteiger partial charge in [-0.05, 0) is 35.9 Å². The van der Waals surface area contributed by atoms with Gasteiger partial charge in [-0.2, -0.15) is 0 Å². The Morgan fingerprint density at radius 3 is 2.28 bits per heavy atom. The lowest BCUT2D eigenvalue weighted by Crippen LogP contribution is -1.98. The fraction of sp³-hybridized carbons (Fsp3) is 0.143. The minimum atomic E-state index is 0.440. The molecule has 0 aliphatic heterocycles. The van der Waals surface area contributed by atoms with Crippen molar-refractivity contribution in [1.82, 2.24) is 0 Å². The van der Waals surface area contributed by atoms with Gasteiger partial charge in [0.25, 0.3) is 0 Å². The highest BCUT2D eigenvalue weighted by Crippen LogP contribution is 2.19. The molecule has 4 heteroatoms. The summed E-state index contributed by atoms with van der Waals surface area (Å²) < 4.78 is 5.60. The molecule has 2 nitrogen and oxygen atoms in total. The molecule has 2 aromatic rings. The van der Waals surface area contributed by atoms with Gasteiger partial charge in [-0.25, -0.2) is 0 Å². The highest BCUT2D eigenvalue weighted by atomic mass is 35.5. The number of rotatable bonds is 4. The molecular weight excluding hydrogens is 269 g/mol. The Bertz CT molecular complexity index is 526. The Labute approximate surface area is 116 Å². The van der Waals surface area contributed by atoms with Crippen LogP contribution in [-0.2, 0) is 18.0 Å². The predicted molar refractivity (Wildman–Crippen MR) is 75.8 cm³/mol. The maximum atomic E-state index is 5.90. The first kappa shape index (κ1) is 13.2. The van der Waals surface area contributed by atoms with E-state index < -0.39 is 0 Å². The van der Waals surface area contributed by atoms with Crippen LogP contribution in [0.5, 0.6) is 0 Å². The summed E-state index contributed by atoms with van der Waals surface area (Å²) in [6.07, 6.45) is 0. The van der Waals surface area contributed by atoms with E-state index in [0.29, 0.717) is 23.9 Å². The Hall–Kier alpha value is -1.22. The van der Waals surface area contributed by atoms with Gasteiger partial charge < -0.3 is 10.5 Å². The maximum Gasteiger partial charge on any atom is 0.0741 e. The fourth-order valence-electron chi connectivity index (χ4n) is 1.56. The van der Waals surface area contributed by atoms with Crippen molar-refractivity contribution in [2.75, 3.05) is 5.73 Å². The SMILES string of the molecule is Nc1ccc(Cl)cc1COCc1ccc(Cl)cc1. The summed E-state index contributed by atoms with van der Waals surface area (Å²) in [6.45, 7) is 0.956. The molecule has 0 bridgehead atoms. The third-order valence-electron chi connectivity index (χ3n) is 2.54. The zero-order valence-corrected chi connectivity index (χ0v) is 11.2. The number of anilines is 1. The van der Waals surface area contributed by atoms with Gasteiger partial charge >= 0.3 is 0 Å². The first-order valence-electron chi connectivity index (χ1n) is 5.51. The number of hydrogen-bond donors (Lipinski definition) is 1. The quantitative estimate of drug-likeness (QED) is 0.849. The van der Waals surface area contributed by atoms with Crippen LogP contribution in [0.3, 0.4) is 0 Å². The van der Waals surface area contributed by atoms with E-state index in [9.17, 15) is 0 Å². The second kappa shape index (κ2) is 6.10. The van der Waals surface area contributed by atoms with E-state index in [2.05, 4.69) is 0 Å². The zero-order valence-electron chi connectivity index (χ0n) is 9.70. The normalized spacial score (nSPS) is 10.6. The van der Waals surface area contributed by atoms with E-state index in [1.54, 1.807) is 12.1 Å². The number of halogens is 2. The van der Waals surface area contributed by atoms with Crippen molar-refractivity contribution in [1.29, 1.82) is 0 Å². The van der Waals surface area contributed by atoms with E-state index >= 15 is 0 Å². The number of nitrogen functional groups attached to an aromatic ring is 1. The van der Waals surface area contributed by atoms with E-state index in [1.165, 1.54) is 0 Å². The van der Waals surface area contributed by atoms with Crippen LogP contribution >= 0.6 is 23.2 Å². The van der Waals surface area contributed by atoms with Gasteiger partial charge in [0.2, 0.25) is 0 Å². The molecule has 0 fully saturated rings. The Morgan fingerprint density at radius 1 is 0.889 bits per heavy atom. The van der Waals surface area contributed by atoms with E-state index in [1.807, 2.05) is 30.3 Å². The van der Waals surface area contributed by atoms with Crippen LogP contribution in [-0.4, -0.2) is 0 Å². The Morgan fingerprint density at radius 2 is 1.56 bits per heavy atom. The highest BCUT2D eigenvalue weighted by Gasteiger charge is 2.01. The fourth-order valence-corrected chi connectivity index (χ4v) is 1.88. The minimum Gasteiger partial charge on any atom is -0.398 e. The van der Waals surface area contributed by atoms with Crippen LogP contribution in [0.1, 0.15) is 11.1 Å². The topological polar surface area (TPSA) is 35.2 Å². The molecule has 2 aromatic carbocycles. The first-order chi connectivity index (χ1) is 8.65. The number of nitrogens with two attached hydrogens (primary N) is 1. The molecular formula is C14H13Cl2NO. The summed E-state index contributed by atoms with van der Waals surface area (Å²) >= 11 is 11.7. The molecule has 0 aliphatic rings. The Kier molecular flexibility index (Phi) is 4.48. The zero-order chi connectivity index (χ0) is 13.0. The first-order valence-corrected chi connectivity index (χ1v) is 6.27. The molecule has 0 aliphatic carbocycles. The monoisotopic (exact) mass is 281 g/mol. The largest absolute Gasteiger partial charge is 0.398 e. The van der Waals surface area contributed by atoms with Crippen molar-refractivity contribution in [3.05, 3.63) is 63.6 Å². The smallest absolute Gasteiger partial charge is 0.0741 e. The second-order valence-corrected chi connectivity index (χ2v) is 4.84. The summed E-state index contributed by atoms with van der Waals surface area (Å²) in [7, 11) is 0. The third kappa shape index (κ3) is 3.64. The van der Waals surface area contributed by atoms with Crippen molar-refractivity contribution in [2.24, 2.45) is 0 Å². The van der Waals surface area contributed by atoms with E-state index in [0.717, 1.165) is 16.1 Å². The average Bonchev–Trinajstić information content (AvgIpc) is 2.36. The van der Waals surface area contributed by atoms with Crippen molar-refractivity contribution in [2.45, 2.75) is 13.2 Å². The van der Waals surface area contributed by atoms with Crippen LogP contribution in [0, 0.1) is 0 Å².